The van der Waals surface area contributed by atoms with Gasteiger partial charge in [0.1, 0.15) is 0 Å². The van der Waals surface area contributed by atoms with Gasteiger partial charge in [0.05, 0.1) is 18.8 Å². The Balaban J connectivity index is 1.36. The molecule has 3 heterocycles. The molecule has 3 aliphatic rings. The molecular weight excluding hydrogens is 348 g/mol. The van der Waals surface area contributed by atoms with Gasteiger partial charge in [0.2, 0.25) is 5.91 Å². The van der Waals surface area contributed by atoms with Crippen LogP contribution < -0.4 is 0 Å². The van der Waals surface area contributed by atoms with Crippen molar-refractivity contribution in [1.82, 2.24) is 9.80 Å². The van der Waals surface area contributed by atoms with E-state index in [1.165, 1.54) is 16.9 Å². The number of carbonyl (C=O) groups excluding carboxylic acids is 2. The molecule has 5 nitrogen and oxygen atoms in total. The average molecular weight is 377 g/mol. The van der Waals surface area contributed by atoms with E-state index in [-0.39, 0.29) is 17.7 Å². The van der Waals surface area contributed by atoms with Gasteiger partial charge in [-0.3, -0.25) is 9.59 Å². The lowest BCUT2D eigenvalue weighted by molar-refractivity contribution is -0.141. The van der Waals surface area contributed by atoms with Crippen molar-refractivity contribution in [2.75, 3.05) is 39.4 Å². The Labute approximate surface area is 159 Å². The number of morpholine rings is 1. The predicted octanol–water partition coefficient (Wildman–Crippen LogP) is 2.58. The van der Waals surface area contributed by atoms with Crippen molar-refractivity contribution in [2.45, 2.75) is 39.0 Å². The first-order chi connectivity index (χ1) is 12.6. The molecule has 2 saturated heterocycles. The maximum Gasteiger partial charge on any atom is 0.254 e. The second-order valence-electron chi connectivity index (χ2n) is 7.90. The molecule has 0 N–H and O–H groups in total. The number of hydrogen-bond donors (Lipinski definition) is 0. The Morgan fingerprint density at radius 1 is 1.08 bits per heavy atom. The minimum Gasteiger partial charge on any atom is -0.378 e. The third-order valence-electron chi connectivity index (χ3n) is 6.09. The van der Waals surface area contributed by atoms with Gasteiger partial charge in [0.15, 0.2) is 0 Å². The molecule has 1 aromatic rings. The van der Waals surface area contributed by atoms with Gasteiger partial charge in [-0.2, -0.15) is 0 Å². The number of thiophene rings is 1. The second-order valence-corrected chi connectivity index (χ2v) is 8.87. The number of rotatable bonds is 2. The van der Waals surface area contributed by atoms with Crippen molar-refractivity contribution in [3.63, 3.8) is 0 Å². The van der Waals surface area contributed by atoms with E-state index in [1.54, 1.807) is 11.3 Å². The molecule has 2 fully saturated rings. The van der Waals surface area contributed by atoms with Gasteiger partial charge in [-0.05, 0) is 43.6 Å². The molecule has 26 heavy (non-hydrogen) atoms. The van der Waals surface area contributed by atoms with Crippen molar-refractivity contribution in [2.24, 2.45) is 11.8 Å². The van der Waals surface area contributed by atoms with Crippen LogP contribution in [0.1, 0.15) is 47.0 Å². The molecule has 0 radical (unpaired) electrons. The molecule has 0 bridgehead atoms. The van der Waals surface area contributed by atoms with E-state index in [9.17, 15) is 9.59 Å². The Bertz CT molecular complexity index is 673. The van der Waals surface area contributed by atoms with Gasteiger partial charge in [-0.15, -0.1) is 11.3 Å². The monoisotopic (exact) mass is 376 g/mol. The van der Waals surface area contributed by atoms with Crippen LogP contribution in [0.3, 0.4) is 0 Å². The van der Waals surface area contributed by atoms with Gasteiger partial charge >= 0.3 is 0 Å². The molecule has 2 aliphatic heterocycles. The number of hydrogen-bond acceptors (Lipinski definition) is 4. The summed E-state index contributed by atoms with van der Waals surface area (Å²) in [4.78, 5) is 31.0. The Hall–Kier alpha value is -1.40. The molecule has 0 aromatic carbocycles. The minimum absolute atomic E-state index is 0.0642. The fourth-order valence-corrected chi connectivity index (χ4v) is 5.64. The predicted molar refractivity (Wildman–Crippen MR) is 102 cm³/mol. The van der Waals surface area contributed by atoms with Crippen molar-refractivity contribution < 1.29 is 14.3 Å². The Kier molecular flexibility index (Phi) is 5.32. The SMILES string of the molecule is CC1CCc2c(C(=O)N3CCC(C(=O)N4CCOCC4)CC3)csc2C1. The lowest BCUT2D eigenvalue weighted by Crippen LogP contribution is -2.47. The number of likely N-dealkylation sites (tertiary alicyclic amines) is 1. The van der Waals surface area contributed by atoms with Crippen LogP contribution in [0.4, 0.5) is 0 Å². The maximum absolute atomic E-state index is 13.0. The molecule has 2 amide bonds. The average Bonchev–Trinajstić information content (AvgIpc) is 3.10. The summed E-state index contributed by atoms with van der Waals surface area (Å²) in [5.74, 6) is 1.22. The van der Waals surface area contributed by atoms with E-state index in [0.717, 1.165) is 37.2 Å². The summed E-state index contributed by atoms with van der Waals surface area (Å²) < 4.78 is 5.33. The topological polar surface area (TPSA) is 49.9 Å². The number of piperidine rings is 1. The van der Waals surface area contributed by atoms with Crippen LogP contribution in [0, 0.1) is 11.8 Å². The van der Waals surface area contributed by atoms with Crippen LogP contribution in [0.15, 0.2) is 5.38 Å². The van der Waals surface area contributed by atoms with E-state index < -0.39 is 0 Å². The van der Waals surface area contributed by atoms with Crippen LogP contribution in [0.2, 0.25) is 0 Å². The lowest BCUT2D eigenvalue weighted by atomic mass is 9.88. The normalized spacial score (nSPS) is 24.4. The Morgan fingerprint density at radius 2 is 1.81 bits per heavy atom. The van der Waals surface area contributed by atoms with Gasteiger partial charge in [-0.25, -0.2) is 0 Å². The number of ether oxygens (including phenoxy) is 1. The quantitative estimate of drug-likeness (QED) is 0.797. The highest BCUT2D eigenvalue weighted by Gasteiger charge is 2.32. The number of carbonyl (C=O) groups is 2. The molecule has 0 saturated carbocycles. The highest BCUT2D eigenvalue weighted by molar-refractivity contribution is 7.10. The highest BCUT2D eigenvalue weighted by Crippen LogP contribution is 2.34. The van der Waals surface area contributed by atoms with E-state index in [1.807, 2.05) is 9.80 Å². The third kappa shape index (κ3) is 3.54. The van der Waals surface area contributed by atoms with Gasteiger partial charge in [0, 0.05) is 42.4 Å². The number of fused-ring (bicyclic) bond motifs is 1. The fraction of sp³-hybridized carbons (Fsp3) is 0.700. The molecule has 1 aromatic heterocycles. The van der Waals surface area contributed by atoms with E-state index >= 15 is 0 Å². The summed E-state index contributed by atoms with van der Waals surface area (Å²) in [7, 11) is 0. The standard InChI is InChI=1S/C20H28N2O3S/c1-14-2-3-16-17(13-26-18(16)12-14)20(24)21-6-4-15(5-7-21)19(23)22-8-10-25-11-9-22/h13-15H,2-12H2,1H3. The van der Waals surface area contributed by atoms with Crippen LogP contribution in [-0.4, -0.2) is 61.0 Å². The minimum atomic E-state index is 0.0642. The summed E-state index contributed by atoms with van der Waals surface area (Å²) in [6, 6.07) is 0. The van der Waals surface area contributed by atoms with Gasteiger partial charge in [0.25, 0.3) is 5.91 Å². The van der Waals surface area contributed by atoms with Crippen molar-refractivity contribution in [3.8, 4) is 0 Å². The zero-order valence-corrected chi connectivity index (χ0v) is 16.4. The maximum atomic E-state index is 13.0. The summed E-state index contributed by atoms with van der Waals surface area (Å²) in [5.41, 5.74) is 2.22. The molecule has 142 valence electrons. The largest absolute Gasteiger partial charge is 0.378 e. The van der Waals surface area contributed by atoms with Crippen LogP contribution >= 0.6 is 11.3 Å². The molecule has 1 aliphatic carbocycles. The van der Waals surface area contributed by atoms with Crippen molar-refractivity contribution in [3.05, 3.63) is 21.4 Å². The third-order valence-corrected chi connectivity index (χ3v) is 7.14. The lowest BCUT2D eigenvalue weighted by Gasteiger charge is -2.35. The number of amides is 2. The zero-order chi connectivity index (χ0) is 18.1. The fourth-order valence-electron chi connectivity index (χ4n) is 4.40. The van der Waals surface area contributed by atoms with Gasteiger partial charge < -0.3 is 14.5 Å². The van der Waals surface area contributed by atoms with Crippen LogP contribution in [-0.2, 0) is 22.4 Å². The molecule has 4 rings (SSSR count). The summed E-state index contributed by atoms with van der Waals surface area (Å²) >= 11 is 1.75. The molecule has 1 atom stereocenters. The second kappa shape index (κ2) is 7.69. The van der Waals surface area contributed by atoms with Gasteiger partial charge in [-0.1, -0.05) is 6.92 Å². The molecule has 1 unspecified atom stereocenters. The van der Waals surface area contributed by atoms with E-state index in [2.05, 4.69) is 12.3 Å². The molecule has 0 spiro atoms. The summed E-state index contributed by atoms with van der Waals surface area (Å²) in [6.07, 6.45) is 4.90. The first-order valence-corrected chi connectivity index (χ1v) is 10.8. The number of nitrogens with zero attached hydrogens (tertiary/aromatic N) is 2. The molecular formula is C20H28N2O3S. The van der Waals surface area contributed by atoms with E-state index in [4.69, 9.17) is 4.74 Å². The molecule has 6 heteroatoms. The van der Waals surface area contributed by atoms with Crippen LogP contribution in [0.25, 0.3) is 0 Å². The first-order valence-electron chi connectivity index (χ1n) is 9.88. The summed E-state index contributed by atoms with van der Waals surface area (Å²) in [6.45, 7) is 6.38. The first kappa shape index (κ1) is 18.0. The summed E-state index contributed by atoms with van der Waals surface area (Å²) in [5, 5.41) is 2.07. The smallest absolute Gasteiger partial charge is 0.254 e. The van der Waals surface area contributed by atoms with E-state index in [0.29, 0.717) is 39.4 Å². The zero-order valence-electron chi connectivity index (χ0n) is 15.5. The Morgan fingerprint density at radius 3 is 2.54 bits per heavy atom. The van der Waals surface area contributed by atoms with Crippen molar-refractivity contribution in [1.29, 1.82) is 0 Å². The van der Waals surface area contributed by atoms with Crippen molar-refractivity contribution >= 4 is 23.2 Å². The van der Waals surface area contributed by atoms with Crippen LogP contribution in [0.5, 0.6) is 0 Å². The highest BCUT2D eigenvalue weighted by atomic mass is 32.1.